The lowest BCUT2D eigenvalue weighted by atomic mass is 9.90. The molecule has 0 aliphatic carbocycles. The van der Waals surface area contributed by atoms with Gasteiger partial charge in [0, 0.05) is 42.7 Å². The summed E-state index contributed by atoms with van der Waals surface area (Å²) in [4.78, 5) is 19.0. The zero-order valence-electron chi connectivity index (χ0n) is 16.3. The van der Waals surface area contributed by atoms with Gasteiger partial charge in [-0.15, -0.1) is 11.3 Å². The maximum atomic E-state index is 13.0. The summed E-state index contributed by atoms with van der Waals surface area (Å²) in [7, 11) is 1.90. The number of thiazole rings is 1. The zero-order valence-corrected chi connectivity index (χ0v) is 17.2. The Balaban J connectivity index is 1.56. The Morgan fingerprint density at radius 2 is 2.07 bits per heavy atom. The number of carbonyl (C=O) groups is 1. The number of amides is 1. The topological polar surface area (TPSA) is 71.8 Å². The average Bonchev–Trinajstić information content (AvgIpc) is 3.41. The van der Waals surface area contributed by atoms with Gasteiger partial charge < -0.3 is 10.6 Å². The van der Waals surface area contributed by atoms with Crippen molar-refractivity contribution in [2.45, 2.75) is 25.7 Å². The Kier molecular flexibility index (Phi) is 5.28. The molecule has 2 aromatic heterocycles. The van der Waals surface area contributed by atoms with Gasteiger partial charge in [-0.05, 0) is 11.5 Å². The first kappa shape index (κ1) is 18.8. The fourth-order valence-electron chi connectivity index (χ4n) is 3.71. The van der Waals surface area contributed by atoms with Crippen molar-refractivity contribution < 1.29 is 4.79 Å². The van der Waals surface area contributed by atoms with Gasteiger partial charge in [-0.3, -0.25) is 9.48 Å². The molecule has 7 heteroatoms. The molecule has 2 atom stereocenters. The minimum absolute atomic E-state index is 0.0162. The van der Waals surface area contributed by atoms with Crippen LogP contribution in [-0.4, -0.2) is 33.8 Å². The highest BCUT2D eigenvalue weighted by molar-refractivity contribution is 7.16. The van der Waals surface area contributed by atoms with Gasteiger partial charge in [0.2, 0.25) is 5.91 Å². The largest absolute Gasteiger partial charge is 0.315 e. The van der Waals surface area contributed by atoms with Crippen molar-refractivity contribution in [2.24, 2.45) is 13.0 Å². The third kappa shape index (κ3) is 3.72. The fourth-order valence-corrected chi connectivity index (χ4v) is 4.71. The lowest BCUT2D eigenvalue weighted by Crippen LogP contribution is -2.28. The minimum Gasteiger partial charge on any atom is -0.315 e. The van der Waals surface area contributed by atoms with Crippen LogP contribution in [0.2, 0.25) is 0 Å². The van der Waals surface area contributed by atoms with Crippen LogP contribution >= 0.6 is 11.3 Å². The summed E-state index contributed by atoms with van der Waals surface area (Å²) in [5.41, 5.74) is 3.14. The number of hydrogen-bond donors (Lipinski definition) is 2. The highest BCUT2D eigenvalue weighted by Crippen LogP contribution is 2.37. The molecule has 1 aliphatic heterocycles. The Labute approximate surface area is 169 Å². The van der Waals surface area contributed by atoms with Gasteiger partial charge in [-0.25, -0.2) is 4.98 Å². The van der Waals surface area contributed by atoms with Crippen molar-refractivity contribution in [3.05, 3.63) is 53.2 Å². The van der Waals surface area contributed by atoms with Crippen molar-refractivity contribution >= 4 is 22.4 Å². The second-order valence-electron chi connectivity index (χ2n) is 7.56. The average molecular weight is 396 g/mol. The van der Waals surface area contributed by atoms with Gasteiger partial charge in [-0.2, -0.15) is 5.10 Å². The van der Waals surface area contributed by atoms with E-state index in [0.29, 0.717) is 17.6 Å². The molecule has 0 radical (unpaired) electrons. The number of aryl methyl sites for hydroxylation is 1. The van der Waals surface area contributed by atoms with E-state index in [0.717, 1.165) is 23.4 Å². The second kappa shape index (κ2) is 7.85. The van der Waals surface area contributed by atoms with Crippen LogP contribution in [0.3, 0.4) is 0 Å². The zero-order chi connectivity index (χ0) is 19.7. The minimum atomic E-state index is -0.129. The summed E-state index contributed by atoms with van der Waals surface area (Å²) < 4.78 is 1.78. The Morgan fingerprint density at radius 1 is 1.29 bits per heavy atom. The number of hydrogen-bond acceptors (Lipinski definition) is 5. The van der Waals surface area contributed by atoms with Crippen molar-refractivity contribution in [1.82, 2.24) is 20.1 Å². The molecule has 1 aliphatic rings. The number of nitrogens with one attached hydrogen (secondary N) is 2. The summed E-state index contributed by atoms with van der Waals surface area (Å²) >= 11 is 1.57. The number of nitrogens with zero attached hydrogens (tertiary/aromatic N) is 3. The third-order valence-corrected chi connectivity index (χ3v) is 6.43. The maximum absolute atomic E-state index is 13.0. The van der Waals surface area contributed by atoms with E-state index in [1.54, 1.807) is 16.0 Å². The van der Waals surface area contributed by atoms with Gasteiger partial charge in [0.05, 0.1) is 17.8 Å². The first-order valence-electron chi connectivity index (χ1n) is 9.59. The van der Waals surface area contributed by atoms with Crippen molar-refractivity contribution in [3.63, 3.8) is 0 Å². The van der Waals surface area contributed by atoms with Crippen LogP contribution in [-0.2, 0) is 11.8 Å². The normalized spacial score (nSPS) is 19.3. The molecule has 0 unspecified atom stereocenters. The molecule has 1 amide bonds. The fraction of sp³-hybridized carbons (Fsp3) is 0.381. The lowest BCUT2D eigenvalue weighted by Gasteiger charge is -2.15. The van der Waals surface area contributed by atoms with Gasteiger partial charge in [0.15, 0.2) is 5.13 Å². The van der Waals surface area contributed by atoms with Crippen LogP contribution in [0.4, 0.5) is 5.13 Å². The van der Waals surface area contributed by atoms with Crippen molar-refractivity contribution in [2.75, 3.05) is 18.4 Å². The number of anilines is 1. The van der Waals surface area contributed by atoms with Crippen LogP contribution in [0.1, 0.15) is 36.1 Å². The molecule has 1 aromatic carbocycles. The lowest BCUT2D eigenvalue weighted by molar-refractivity contribution is -0.119. The van der Waals surface area contributed by atoms with Gasteiger partial charge in [0.1, 0.15) is 0 Å². The molecule has 3 heterocycles. The van der Waals surface area contributed by atoms with Crippen LogP contribution in [0.5, 0.6) is 0 Å². The molecule has 2 N–H and O–H groups in total. The van der Waals surface area contributed by atoms with E-state index in [1.165, 1.54) is 4.88 Å². The van der Waals surface area contributed by atoms with Crippen molar-refractivity contribution in [3.8, 4) is 11.3 Å². The predicted molar refractivity (Wildman–Crippen MR) is 113 cm³/mol. The highest BCUT2D eigenvalue weighted by atomic mass is 32.1. The first-order chi connectivity index (χ1) is 13.5. The number of carbonyl (C=O) groups excluding carboxylic acids is 1. The molecule has 6 nitrogen and oxygen atoms in total. The van der Waals surface area contributed by atoms with Crippen LogP contribution in [0.15, 0.2) is 42.7 Å². The smallest absolute Gasteiger partial charge is 0.231 e. The molecule has 3 aromatic rings. The van der Waals surface area contributed by atoms with Crippen molar-refractivity contribution in [1.29, 1.82) is 0 Å². The molecule has 1 saturated heterocycles. The Hall–Kier alpha value is -2.51. The first-order valence-corrected chi connectivity index (χ1v) is 10.4. The Bertz CT molecular complexity index is 962. The molecule has 0 spiro atoms. The molecular weight excluding hydrogens is 370 g/mol. The number of benzene rings is 1. The van der Waals surface area contributed by atoms with E-state index in [1.807, 2.05) is 37.6 Å². The summed E-state index contributed by atoms with van der Waals surface area (Å²) in [6, 6.07) is 10.1. The molecule has 28 heavy (non-hydrogen) atoms. The van der Waals surface area contributed by atoms with E-state index in [2.05, 4.69) is 41.7 Å². The Morgan fingerprint density at radius 3 is 2.75 bits per heavy atom. The predicted octanol–water partition coefficient (Wildman–Crippen LogP) is 3.61. The SMILES string of the molecule is CC(C)c1sc(NC(=O)[C@H]2CNC[C@@H]2c2cnn(C)c2)nc1-c1ccccc1. The molecule has 146 valence electrons. The van der Waals surface area contributed by atoms with E-state index < -0.39 is 0 Å². The molecular formula is C21H25N5OS. The van der Waals surface area contributed by atoms with E-state index in [4.69, 9.17) is 4.98 Å². The van der Waals surface area contributed by atoms with Gasteiger partial charge >= 0.3 is 0 Å². The molecule has 0 saturated carbocycles. The summed E-state index contributed by atoms with van der Waals surface area (Å²) in [6.07, 6.45) is 3.84. The van der Waals surface area contributed by atoms with E-state index >= 15 is 0 Å². The van der Waals surface area contributed by atoms with Gasteiger partial charge in [0.25, 0.3) is 0 Å². The molecule has 0 bridgehead atoms. The van der Waals surface area contributed by atoms with Crippen LogP contribution in [0.25, 0.3) is 11.3 Å². The maximum Gasteiger partial charge on any atom is 0.231 e. The van der Waals surface area contributed by atoms with E-state index in [-0.39, 0.29) is 17.7 Å². The van der Waals surface area contributed by atoms with Crippen LogP contribution in [0, 0.1) is 5.92 Å². The summed E-state index contributed by atoms with van der Waals surface area (Å²) in [5, 5.41) is 11.3. The standard InChI is InChI=1S/C21H25N5OS/c1-13(2)19-18(14-7-5-4-6-8-14)24-21(28-19)25-20(27)17-11-22-10-16(17)15-9-23-26(3)12-15/h4-9,12-13,16-17,22H,10-11H2,1-3H3,(H,24,25,27)/t16-,17+/m1/s1. The second-order valence-corrected chi connectivity index (χ2v) is 8.59. The molecule has 4 rings (SSSR count). The van der Waals surface area contributed by atoms with Gasteiger partial charge in [-0.1, -0.05) is 44.2 Å². The number of rotatable bonds is 5. The quantitative estimate of drug-likeness (QED) is 0.692. The van der Waals surface area contributed by atoms with E-state index in [9.17, 15) is 4.79 Å². The summed E-state index contributed by atoms with van der Waals surface area (Å²) in [5.74, 6) is 0.361. The highest BCUT2D eigenvalue weighted by Gasteiger charge is 2.35. The summed E-state index contributed by atoms with van der Waals surface area (Å²) in [6.45, 7) is 5.77. The van der Waals surface area contributed by atoms with Crippen LogP contribution < -0.4 is 10.6 Å². The third-order valence-electron chi connectivity index (χ3n) is 5.16. The monoisotopic (exact) mass is 395 g/mol. The number of aromatic nitrogens is 3. The molecule has 1 fully saturated rings.